The van der Waals surface area contributed by atoms with Crippen LogP contribution in [-0.2, 0) is 11.2 Å². The predicted molar refractivity (Wildman–Crippen MR) is 82.9 cm³/mol. The maximum absolute atomic E-state index is 5.50. The average Bonchev–Trinajstić information content (AvgIpc) is 2.53. The summed E-state index contributed by atoms with van der Waals surface area (Å²) in [5, 5.41) is 0. The molecule has 4 nitrogen and oxygen atoms in total. The normalized spacial score (nSPS) is 15.0. The summed E-state index contributed by atoms with van der Waals surface area (Å²) in [5.74, 6) is 1.63. The van der Waals surface area contributed by atoms with Crippen molar-refractivity contribution in [2.75, 3.05) is 40.5 Å². The van der Waals surface area contributed by atoms with Crippen molar-refractivity contribution in [2.24, 2.45) is 0 Å². The van der Waals surface area contributed by atoms with Gasteiger partial charge in [0.1, 0.15) is 11.5 Å². The quantitative estimate of drug-likeness (QED) is 0.778. The van der Waals surface area contributed by atoms with Gasteiger partial charge in [-0.1, -0.05) is 12.2 Å². The zero-order valence-corrected chi connectivity index (χ0v) is 12.9. The van der Waals surface area contributed by atoms with Gasteiger partial charge in [-0.3, -0.25) is 0 Å². The van der Waals surface area contributed by atoms with Crippen LogP contribution in [0.1, 0.15) is 12.0 Å². The number of hydrogen-bond donors (Lipinski definition) is 0. The van der Waals surface area contributed by atoms with Crippen LogP contribution in [0.15, 0.2) is 18.2 Å². The molecule has 1 aliphatic heterocycles. The molecule has 0 radical (unpaired) electrons. The molecule has 1 fully saturated rings. The molecule has 0 bridgehead atoms. The number of aryl methyl sites for hydroxylation is 1. The van der Waals surface area contributed by atoms with E-state index >= 15 is 0 Å². The number of ether oxygens (including phenoxy) is 3. The third-order valence-electron chi connectivity index (χ3n) is 3.40. The van der Waals surface area contributed by atoms with Gasteiger partial charge in [0.15, 0.2) is 0 Å². The first-order valence-corrected chi connectivity index (χ1v) is 7.21. The molecular formula is C15H21NO3S. The Labute approximate surface area is 125 Å². The monoisotopic (exact) mass is 295 g/mol. The molecule has 0 unspecified atom stereocenters. The summed E-state index contributed by atoms with van der Waals surface area (Å²) < 4.78 is 15.9. The Morgan fingerprint density at radius 1 is 1.15 bits per heavy atom. The van der Waals surface area contributed by atoms with E-state index in [1.54, 1.807) is 14.2 Å². The largest absolute Gasteiger partial charge is 0.497 e. The lowest BCUT2D eigenvalue weighted by atomic mass is 10.1. The van der Waals surface area contributed by atoms with Crippen molar-refractivity contribution in [2.45, 2.75) is 12.8 Å². The second-order valence-corrected chi connectivity index (χ2v) is 5.19. The Morgan fingerprint density at radius 2 is 1.75 bits per heavy atom. The van der Waals surface area contributed by atoms with Crippen LogP contribution in [0.3, 0.4) is 0 Å². The van der Waals surface area contributed by atoms with Gasteiger partial charge in [-0.25, -0.2) is 0 Å². The standard InChI is InChI=1S/C15H21NO3S/c1-17-13-9-12(10-14(11-13)18-2)3-4-15(20)16-5-7-19-8-6-16/h9-11H,3-8H2,1-2H3. The van der Waals surface area contributed by atoms with Gasteiger partial charge in [-0.15, -0.1) is 0 Å². The van der Waals surface area contributed by atoms with Crippen LogP contribution in [-0.4, -0.2) is 50.4 Å². The van der Waals surface area contributed by atoms with E-state index in [0.717, 1.165) is 55.6 Å². The van der Waals surface area contributed by atoms with Crippen molar-refractivity contribution in [3.8, 4) is 11.5 Å². The molecular weight excluding hydrogens is 274 g/mol. The Kier molecular flexibility index (Phi) is 5.61. The predicted octanol–water partition coefficient (Wildman–Crippen LogP) is 2.30. The Hall–Kier alpha value is -1.33. The smallest absolute Gasteiger partial charge is 0.122 e. The lowest BCUT2D eigenvalue weighted by Crippen LogP contribution is -2.39. The van der Waals surface area contributed by atoms with E-state index in [2.05, 4.69) is 4.90 Å². The highest BCUT2D eigenvalue weighted by Gasteiger charge is 2.13. The highest BCUT2D eigenvalue weighted by molar-refractivity contribution is 7.80. The van der Waals surface area contributed by atoms with Crippen molar-refractivity contribution in [1.82, 2.24) is 4.90 Å². The summed E-state index contributed by atoms with van der Waals surface area (Å²) in [4.78, 5) is 3.24. The first-order valence-electron chi connectivity index (χ1n) is 6.80. The molecule has 2 rings (SSSR count). The molecule has 0 spiro atoms. The summed E-state index contributed by atoms with van der Waals surface area (Å²) in [5.41, 5.74) is 1.18. The fourth-order valence-corrected chi connectivity index (χ4v) is 2.52. The van der Waals surface area contributed by atoms with Crippen LogP contribution in [0.25, 0.3) is 0 Å². The van der Waals surface area contributed by atoms with Gasteiger partial charge >= 0.3 is 0 Å². The summed E-state index contributed by atoms with van der Waals surface area (Å²) in [6.45, 7) is 3.35. The van der Waals surface area contributed by atoms with Gasteiger partial charge in [0.25, 0.3) is 0 Å². The third kappa shape index (κ3) is 4.08. The fourth-order valence-electron chi connectivity index (χ4n) is 2.23. The molecule has 0 aliphatic carbocycles. The minimum atomic E-state index is 0.771. The molecule has 110 valence electrons. The molecule has 0 aromatic heterocycles. The molecule has 1 aliphatic rings. The zero-order valence-electron chi connectivity index (χ0n) is 12.1. The van der Waals surface area contributed by atoms with E-state index < -0.39 is 0 Å². The van der Waals surface area contributed by atoms with Crippen LogP contribution < -0.4 is 9.47 Å². The van der Waals surface area contributed by atoms with Gasteiger partial charge in [0.2, 0.25) is 0 Å². The van der Waals surface area contributed by atoms with Crippen LogP contribution >= 0.6 is 12.2 Å². The van der Waals surface area contributed by atoms with Crippen molar-refractivity contribution in [3.05, 3.63) is 23.8 Å². The van der Waals surface area contributed by atoms with Crippen molar-refractivity contribution in [1.29, 1.82) is 0 Å². The number of thiocarbonyl (C=S) groups is 1. The van der Waals surface area contributed by atoms with E-state index in [-0.39, 0.29) is 0 Å². The fraction of sp³-hybridized carbons (Fsp3) is 0.533. The number of nitrogens with zero attached hydrogens (tertiary/aromatic N) is 1. The summed E-state index contributed by atoms with van der Waals surface area (Å²) in [7, 11) is 3.33. The molecule has 0 saturated carbocycles. The molecule has 1 heterocycles. The maximum Gasteiger partial charge on any atom is 0.122 e. The first kappa shape index (κ1) is 15.1. The Morgan fingerprint density at radius 3 is 2.30 bits per heavy atom. The molecule has 1 saturated heterocycles. The van der Waals surface area contributed by atoms with Crippen molar-refractivity contribution < 1.29 is 14.2 Å². The van der Waals surface area contributed by atoms with E-state index in [4.69, 9.17) is 26.4 Å². The number of benzene rings is 1. The zero-order chi connectivity index (χ0) is 14.4. The van der Waals surface area contributed by atoms with Crippen molar-refractivity contribution >= 4 is 17.2 Å². The lowest BCUT2D eigenvalue weighted by molar-refractivity contribution is 0.0683. The maximum atomic E-state index is 5.50. The van der Waals surface area contributed by atoms with Gasteiger partial charge in [-0.05, 0) is 24.1 Å². The SMILES string of the molecule is COc1cc(CCC(=S)N2CCOCC2)cc(OC)c1. The van der Waals surface area contributed by atoms with Gasteiger partial charge < -0.3 is 19.1 Å². The summed E-state index contributed by atoms with van der Waals surface area (Å²) in [6.07, 6.45) is 1.76. The second kappa shape index (κ2) is 7.45. The molecule has 0 N–H and O–H groups in total. The van der Waals surface area contributed by atoms with Gasteiger partial charge in [0, 0.05) is 25.6 Å². The Balaban J connectivity index is 1.94. The van der Waals surface area contributed by atoms with E-state index in [0.29, 0.717) is 0 Å². The van der Waals surface area contributed by atoms with E-state index in [1.807, 2.05) is 18.2 Å². The summed E-state index contributed by atoms with van der Waals surface area (Å²) in [6, 6.07) is 5.94. The van der Waals surface area contributed by atoms with Crippen LogP contribution in [0, 0.1) is 0 Å². The van der Waals surface area contributed by atoms with Crippen LogP contribution in [0.5, 0.6) is 11.5 Å². The van der Waals surface area contributed by atoms with E-state index in [9.17, 15) is 0 Å². The Bertz CT molecular complexity index is 436. The van der Waals surface area contributed by atoms with Gasteiger partial charge in [0.05, 0.1) is 32.4 Å². The highest BCUT2D eigenvalue weighted by Crippen LogP contribution is 2.23. The third-order valence-corrected chi connectivity index (χ3v) is 3.86. The van der Waals surface area contributed by atoms with E-state index in [1.165, 1.54) is 5.56 Å². The molecule has 20 heavy (non-hydrogen) atoms. The highest BCUT2D eigenvalue weighted by atomic mass is 32.1. The number of methoxy groups -OCH3 is 2. The number of morpholine rings is 1. The van der Waals surface area contributed by atoms with Crippen LogP contribution in [0.4, 0.5) is 0 Å². The molecule has 5 heteroatoms. The average molecular weight is 295 g/mol. The number of hydrogen-bond acceptors (Lipinski definition) is 4. The number of rotatable bonds is 5. The molecule has 0 atom stereocenters. The molecule has 1 aromatic rings. The summed E-state index contributed by atoms with van der Waals surface area (Å²) >= 11 is 5.50. The lowest BCUT2D eigenvalue weighted by Gasteiger charge is -2.29. The minimum absolute atomic E-state index is 0.771. The second-order valence-electron chi connectivity index (χ2n) is 4.71. The topological polar surface area (TPSA) is 30.9 Å². The van der Waals surface area contributed by atoms with Gasteiger partial charge in [-0.2, -0.15) is 0 Å². The van der Waals surface area contributed by atoms with Crippen molar-refractivity contribution in [3.63, 3.8) is 0 Å². The first-order chi connectivity index (χ1) is 9.72. The molecule has 1 aromatic carbocycles. The van der Waals surface area contributed by atoms with Crippen LogP contribution in [0.2, 0.25) is 0 Å². The molecule has 0 amide bonds. The minimum Gasteiger partial charge on any atom is -0.497 e.